The lowest BCUT2D eigenvalue weighted by Crippen LogP contribution is -2.32. The molecule has 1 aromatic heterocycles. The highest BCUT2D eigenvalue weighted by Crippen LogP contribution is 2.29. The third-order valence-corrected chi connectivity index (χ3v) is 3.05. The monoisotopic (exact) mass is 252 g/mol. The number of nitrogens with one attached hydrogen (secondary N) is 1. The van der Waals surface area contributed by atoms with E-state index in [2.05, 4.69) is 31.1 Å². The third-order valence-electron chi connectivity index (χ3n) is 3.05. The predicted molar refractivity (Wildman–Crippen MR) is 72.9 cm³/mol. The maximum absolute atomic E-state index is 5.50. The fourth-order valence-corrected chi connectivity index (χ4v) is 1.92. The summed E-state index contributed by atoms with van der Waals surface area (Å²) in [5.74, 6) is 0.815. The van der Waals surface area contributed by atoms with Crippen LogP contribution in [0, 0.1) is 0 Å². The van der Waals surface area contributed by atoms with Crippen LogP contribution in [0.3, 0.4) is 0 Å². The van der Waals surface area contributed by atoms with Crippen molar-refractivity contribution in [3.05, 3.63) is 24.0 Å². The first-order valence-corrected chi connectivity index (χ1v) is 6.31. The molecule has 0 aliphatic carbocycles. The summed E-state index contributed by atoms with van der Waals surface area (Å²) in [5, 5.41) is 3.44. The Morgan fingerprint density at radius 1 is 1.39 bits per heavy atom. The summed E-state index contributed by atoms with van der Waals surface area (Å²) in [7, 11) is 3.41. The summed E-state index contributed by atoms with van der Waals surface area (Å²) in [5.41, 5.74) is 0.738. The minimum absolute atomic E-state index is 0.126. The number of nitrogens with zero attached hydrogens (tertiary/aromatic N) is 1. The van der Waals surface area contributed by atoms with Gasteiger partial charge in [0.25, 0.3) is 0 Å². The van der Waals surface area contributed by atoms with Gasteiger partial charge in [-0.25, -0.2) is 0 Å². The molecule has 0 aromatic carbocycles. The van der Waals surface area contributed by atoms with Crippen LogP contribution in [0.1, 0.15) is 38.9 Å². The van der Waals surface area contributed by atoms with Crippen molar-refractivity contribution in [1.82, 2.24) is 10.3 Å². The summed E-state index contributed by atoms with van der Waals surface area (Å²) in [4.78, 5) is 4.44. The van der Waals surface area contributed by atoms with E-state index in [4.69, 9.17) is 9.47 Å². The summed E-state index contributed by atoms with van der Waals surface area (Å²) >= 11 is 0. The Kier molecular flexibility index (Phi) is 5.56. The van der Waals surface area contributed by atoms with Gasteiger partial charge in [0.15, 0.2) is 0 Å². The molecule has 1 N–H and O–H groups in total. The van der Waals surface area contributed by atoms with Crippen LogP contribution < -0.4 is 10.1 Å². The van der Waals surface area contributed by atoms with Crippen molar-refractivity contribution in [3.63, 3.8) is 0 Å². The number of aromatic nitrogens is 1. The van der Waals surface area contributed by atoms with E-state index < -0.39 is 0 Å². The maximum Gasteiger partial charge on any atom is 0.141 e. The molecule has 0 saturated heterocycles. The van der Waals surface area contributed by atoms with Crippen LogP contribution in [0.15, 0.2) is 18.3 Å². The molecular weight excluding hydrogens is 228 g/mol. The Hall–Kier alpha value is -1.13. The molecule has 0 aliphatic rings. The number of hydrogen-bond donors (Lipinski definition) is 1. The molecule has 0 spiro atoms. The largest absolute Gasteiger partial charge is 0.495 e. The van der Waals surface area contributed by atoms with Crippen LogP contribution in [0.25, 0.3) is 0 Å². The van der Waals surface area contributed by atoms with Gasteiger partial charge in [-0.15, -0.1) is 0 Å². The summed E-state index contributed by atoms with van der Waals surface area (Å²) in [6, 6.07) is 3.94. The van der Waals surface area contributed by atoms with Crippen LogP contribution in [0.4, 0.5) is 0 Å². The average Bonchev–Trinajstić information content (AvgIpc) is 2.38. The van der Waals surface area contributed by atoms with Crippen LogP contribution in [-0.4, -0.2) is 31.3 Å². The fraction of sp³-hybridized carbons (Fsp3) is 0.643. The second kappa shape index (κ2) is 6.71. The molecule has 1 rings (SSSR count). The Morgan fingerprint density at radius 3 is 2.67 bits per heavy atom. The van der Waals surface area contributed by atoms with Gasteiger partial charge in [0, 0.05) is 13.3 Å². The van der Waals surface area contributed by atoms with Crippen molar-refractivity contribution in [3.8, 4) is 5.75 Å². The zero-order valence-corrected chi connectivity index (χ0v) is 12.0. The third kappa shape index (κ3) is 3.96. The van der Waals surface area contributed by atoms with E-state index in [-0.39, 0.29) is 11.6 Å². The van der Waals surface area contributed by atoms with Crippen molar-refractivity contribution in [1.29, 1.82) is 0 Å². The standard InChI is InChI=1S/C14H24N2O2/c1-6-15-11(10-14(2,3)18-5)13-12(17-4)8-7-9-16-13/h7-9,11,15H,6,10H2,1-5H3. The fourth-order valence-electron chi connectivity index (χ4n) is 1.92. The van der Waals surface area contributed by atoms with E-state index >= 15 is 0 Å². The van der Waals surface area contributed by atoms with E-state index in [0.717, 1.165) is 24.4 Å². The quantitative estimate of drug-likeness (QED) is 0.810. The van der Waals surface area contributed by atoms with E-state index in [1.165, 1.54) is 0 Å². The van der Waals surface area contributed by atoms with Gasteiger partial charge in [-0.1, -0.05) is 6.92 Å². The Bertz CT molecular complexity index is 367. The Morgan fingerprint density at radius 2 is 2.11 bits per heavy atom. The molecule has 0 amide bonds. The van der Waals surface area contributed by atoms with Crippen molar-refractivity contribution < 1.29 is 9.47 Å². The van der Waals surface area contributed by atoms with Crippen LogP contribution >= 0.6 is 0 Å². The van der Waals surface area contributed by atoms with Crippen molar-refractivity contribution >= 4 is 0 Å². The minimum Gasteiger partial charge on any atom is -0.495 e. The van der Waals surface area contributed by atoms with Crippen LogP contribution in [0.2, 0.25) is 0 Å². The number of rotatable bonds is 7. The molecule has 1 unspecified atom stereocenters. The first-order chi connectivity index (χ1) is 8.54. The molecule has 1 aromatic rings. The number of pyridine rings is 1. The molecular formula is C14H24N2O2. The molecule has 0 saturated carbocycles. The van der Waals surface area contributed by atoms with Gasteiger partial charge in [-0.2, -0.15) is 0 Å². The van der Waals surface area contributed by atoms with Crippen molar-refractivity contribution in [2.45, 2.75) is 38.8 Å². The Labute approximate surface area is 110 Å². The van der Waals surface area contributed by atoms with Crippen LogP contribution in [0.5, 0.6) is 5.75 Å². The van der Waals surface area contributed by atoms with Gasteiger partial charge in [-0.05, 0) is 38.9 Å². The molecule has 0 radical (unpaired) electrons. The van der Waals surface area contributed by atoms with Gasteiger partial charge in [-0.3, -0.25) is 4.98 Å². The molecule has 1 heterocycles. The zero-order chi connectivity index (χ0) is 13.6. The van der Waals surface area contributed by atoms with Crippen LogP contribution in [-0.2, 0) is 4.74 Å². The highest BCUT2D eigenvalue weighted by Gasteiger charge is 2.26. The number of hydrogen-bond acceptors (Lipinski definition) is 4. The van der Waals surface area contributed by atoms with Gasteiger partial charge in [0.1, 0.15) is 5.75 Å². The lowest BCUT2D eigenvalue weighted by Gasteiger charge is -2.29. The van der Waals surface area contributed by atoms with E-state index in [1.54, 1.807) is 20.4 Å². The summed E-state index contributed by atoms with van der Waals surface area (Å²) in [6.45, 7) is 7.12. The highest BCUT2D eigenvalue weighted by atomic mass is 16.5. The molecule has 0 fully saturated rings. The second-order valence-corrected chi connectivity index (χ2v) is 4.87. The van der Waals surface area contributed by atoms with Crippen molar-refractivity contribution in [2.75, 3.05) is 20.8 Å². The van der Waals surface area contributed by atoms with E-state index in [1.807, 2.05) is 12.1 Å². The molecule has 4 heteroatoms. The first-order valence-electron chi connectivity index (χ1n) is 6.31. The molecule has 4 nitrogen and oxygen atoms in total. The summed E-state index contributed by atoms with van der Waals surface area (Å²) < 4.78 is 10.9. The topological polar surface area (TPSA) is 43.4 Å². The second-order valence-electron chi connectivity index (χ2n) is 4.87. The predicted octanol–water partition coefficient (Wildman–Crippen LogP) is 2.56. The number of ether oxygens (including phenoxy) is 2. The normalized spacial score (nSPS) is 13.4. The maximum atomic E-state index is 5.50. The lowest BCUT2D eigenvalue weighted by atomic mass is 9.96. The van der Waals surface area contributed by atoms with E-state index in [0.29, 0.717) is 0 Å². The smallest absolute Gasteiger partial charge is 0.141 e. The molecule has 0 bridgehead atoms. The molecule has 18 heavy (non-hydrogen) atoms. The minimum atomic E-state index is -0.199. The highest BCUT2D eigenvalue weighted by molar-refractivity contribution is 5.29. The number of methoxy groups -OCH3 is 2. The average molecular weight is 252 g/mol. The van der Waals surface area contributed by atoms with Gasteiger partial charge >= 0.3 is 0 Å². The van der Waals surface area contributed by atoms with Crippen molar-refractivity contribution in [2.24, 2.45) is 0 Å². The molecule has 0 aliphatic heterocycles. The molecule has 1 atom stereocenters. The zero-order valence-electron chi connectivity index (χ0n) is 12.0. The van der Waals surface area contributed by atoms with Gasteiger partial charge in [0.05, 0.1) is 24.4 Å². The summed E-state index contributed by atoms with van der Waals surface area (Å²) in [6.07, 6.45) is 2.63. The van der Waals surface area contributed by atoms with E-state index in [9.17, 15) is 0 Å². The first kappa shape index (κ1) is 14.9. The lowest BCUT2D eigenvalue weighted by molar-refractivity contribution is 0.00644. The SMILES string of the molecule is CCNC(CC(C)(C)OC)c1ncccc1OC. The molecule has 102 valence electrons. The Balaban J connectivity index is 2.96. The van der Waals surface area contributed by atoms with Gasteiger partial charge in [0.2, 0.25) is 0 Å². The van der Waals surface area contributed by atoms with Gasteiger partial charge < -0.3 is 14.8 Å².